The summed E-state index contributed by atoms with van der Waals surface area (Å²) in [4.78, 5) is 0.264. The Morgan fingerprint density at radius 1 is 1.24 bits per heavy atom. The van der Waals surface area contributed by atoms with Crippen molar-refractivity contribution < 1.29 is 17.9 Å². The number of sulfonamides is 1. The van der Waals surface area contributed by atoms with E-state index in [9.17, 15) is 8.42 Å². The summed E-state index contributed by atoms with van der Waals surface area (Å²) in [5.41, 5.74) is 6.22. The zero-order valence-electron chi connectivity index (χ0n) is 12.6. The topological polar surface area (TPSA) is 90.6 Å². The van der Waals surface area contributed by atoms with Crippen LogP contribution in [0, 0.1) is 0 Å². The Hall–Kier alpha value is -1.15. The third kappa shape index (κ3) is 5.62. The van der Waals surface area contributed by atoms with Crippen LogP contribution in [0.1, 0.15) is 18.4 Å². The van der Waals surface area contributed by atoms with E-state index in [-0.39, 0.29) is 4.90 Å². The number of rotatable bonds is 10. The van der Waals surface area contributed by atoms with Gasteiger partial charge in [0.15, 0.2) is 0 Å². The molecule has 21 heavy (non-hydrogen) atoms. The standard InChI is InChI=1S/C14H24N2O4S/c1-19-10-4-3-9-16-21(17,18)14-6-5-13(20-2)11-12(14)7-8-15/h5-6,11,16H,3-4,7-10,15H2,1-2H3. The van der Waals surface area contributed by atoms with Crippen LogP contribution < -0.4 is 15.2 Å². The van der Waals surface area contributed by atoms with Crippen molar-refractivity contribution in [2.45, 2.75) is 24.2 Å². The Kier molecular flexibility index (Phi) is 7.66. The fraction of sp³-hybridized carbons (Fsp3) is 0.571. The molecule has 7 heteroatoms. The first kappa shape index (κ1) is 17.9. The third-order valence-electron chi connectivity index (χ3n) is 3.04. The van der Waals surface area contributed by atoms with Crippen molar-refractivity contribution in [1.82, 2.24) is 4.72 Å². The van der Waals surface area contributed by atoms with Crippen LogP contribution in [0.25, 0.3) is 0 Å². The number of nitrogens with two attached hydrogens (primary N) is 1. The largest absolute Gasteiger partial charge is 0.497 e. The van der Waals surface area contributed by atoms with Crippen molar-refractivity contribution in [2.75, 3.05) is 33.9 Å². The molecular weight excluding hydrogens is 292 g/mol. The highest BCUT2D eigenvalue weighted by Gasteiger charge is 2.18. The van der Waals surface area contributed by atoms with E-state index < -0.39 is 10.0 Å². The van der Waals surface area contributed by atoms with E-state index in [2.05, 4.69) is 4.72 Å². The second-order valence-corrected chi connectivity index (χ2v) is 6.35. The summed E-state index contributed by atoms with van der Waals surface area (Å²) in [7, 11) is -0.356. The van der Waals surface area contributed by atoms with Crippen LogP contribution in [0.3, 0.4) is 0 Å². The maximum atomic E-state index is 12.3. The van der Waals surface area contributed by atoms with Crippen molar-refractivity contribution in [2.24, 2.45) is 5.73 Å². The van der Waals surface area contributed by atoms with Crippen molar-refractivity contribution in [3.05, 3.63) is 23.8 Å². The molecule has 1 aromatic carbocycles. The van der Waals surface area contributed by atoms with Crippen LogP contribution in [-0.2, 0) is 21.2 Å². The van der Waals surface area contributed by atoms with Gasteiger partial charge in [0.2, 0.25) is 10.0 Å². The van der Waals surface area contributed by atoms with Crippen molar-refractivity contribution in [1.29, 1.82) is 0 Å². The maximum Gasteiger partial charge on any atom is 0.240 e. The highest BCUT2D eigenvalue weighted by atomic mass is 32.2. The zero-order chi connectivity index (χ0) is 15.7. The van der Waals surface area contributed by atoms with Gasteiger partial charge in [-0.15, -0.1) is 0 Å². The van der Waals surface area contributed by atoms with Gasteiger partial charge >= 0.3 is 0 Å². The van der Waals surface area contributed by atoms with Gasteiger partial charge in [-0.2, -0.15) is 0 Å². The summed E-state index contributed by atoms with van der Waals surface area (Å²) in [6.45, 7) is 1.39. The van der Waals surface area contributed by atoms with E-state index in [1.54, 1.807) is 32.4 Å². The first-order chi connectivity index (χ1) is 10.0. The molecule has 0 spiro atoms. The van der Waals surface area contributed by atoms with Crippen LogP contribution in [0.4, 0.5) is 0 Å². The van der Waals surface area contributed by atoms with Gasteiger partial charge in [-0.25, -0.2) is 13.1 Å². The quantitative estimate of drug-likeness (QED) is 0.626. The van der Waals surface area contributed by atoms with Crippen LogP contribution >= 0.6 is 0 Å². The lowest BCUT2D eigenvalue weighted by Gasteiger charge is -2.12. The number of ether oxygens (including phenoxy) is 2. The Morgan fingerprint density at radius 2 is 2.00 bits per heavy atom. The summed E-state index contributed by atoms with van der Waals surface area (Å²) in [5, 5.41) is 0. The molecule has 0 aliphatic heterocycles. The highest BCUT2D eigenvalue weighted by molar-refractivity contribution is 7.89. The van der Waals surface area contributed by atoms with Crippen LogP contribution in [0.5, 0.6) is 5.75 Å². The Morgan fingerprint density at radius 3 is 2.62 bits per heavy atom. The first-order valence-corrected chi connectivity index (χ1v) is 8.39. The van der Waals surface area contributed by atoms with Gasteiger partial charge in [0.25, 0.3) is 0 Å². The van der Waals surface area contributed by atoms with Gasteiger partial charge in [0.1, 0.15) is 5.75 Å². The second-order valence-electron chi connectivity index (χ2n) is 4.61. The van der Waals surface area contributed by atoms with Crippen molar-refractivity contribution in [3.8, 4) is 5.75 Å². The predicted octanol–water partition coefficient (Wildman–Crippen LogP) is 0.901. The van der Waals surface area contributed by atoms with E-state index in [0.29, 0.717) is 37.4 Å². The average molecular weight is 316 g/mol. The second kappa shape index (κ2) is 8.99. The zero-order valence-corrected chi connectivity index (χ0v) is 13.4. The molecule has 0 saturated heterocycles. The Bertz CT molecular complexity index is 532. The average Bonchev–Trinajstić information content (AvgIpc) is 2.47. The number of nitrogens with one attached hydrogen (secondary N) is 1. The minimum Gasteiger partial charge on any atom is -0.497 e. The molecule has 0 radical (unpaired) electrons. The van der Waals surface area contributed by atoms with Gasteiger partial charge < -0.3 is 15.2 Å². The van der Waals surface area contributed by atoms with Crippen LogP contribution in [0.15, 0.2) is 23.1 Å². The highest BCUT2D eigenvalue weighted by Crippen LogP contribution is 2.22. The molecule has 0 bridgehead atoms. The molecule has 3 N–H and O–H groups in total. The summed E-state index contributed by atoms with van der Waals surface area (Å²) in [6, 6.07) is 4.91. The molecule has 0 unspecified atom stereocenters. The van der Waals surface area contributed by atoms with Crippen LogP contribution in [0.2, 0.25) is 0 Å². The number of hydrogen-bond acceptors (Lipinski definition) is 5. The fourth-order valence-electron chi connectivity index (χ4n) is 1.95. The summed E-state index contributed by atoms with van der Waals surface area (Å²) < 4.78 is 37.3. The first-order valence-electron chi connectivity index (χ1n) is 6.90. The lowest BCUT2D eigenvalue weighted by Crippen LogP contribution is -2.26. The maximum absolute atomic E-state index is 12.3. The lowest BCUT2D eigenvalue weighted by atomic mass is 10.1. The Labute approximate surface area is 126 Å². The van der Waals surface area contributed by atoms with Crippen LogP contribution in [-0.4, -0.2) is 42.3 Å². The molecule has 0 aromatic heterocycles. The SMILES string of the molecule is COCCCCNS(=O)(=O)c1ccc(OC)cc1CCN. The normalized spacial score (nSPS) is 11.6. The molecule has 1 rings (SSSR count). The third-order valence-corrected chi connectivity index (χ3v) is 4.60. The number of benzene rings is 1. The molecule has 0 aliphatic rings. The number of methoxy groups -OCH3 is 2. The summed E-state index contributed by atoms with van der Waals surface area (Å²) in [6.07, 6.45) is 2.03. The smallest absolute Gasteiger partial charge is 0.240 e. The Balaban J connectivity index is 2.81. The molecule has 6 nitrogen and oxygen atoms in total. The number of unbranched alkanes of at least 4 members (excludes halogenated alkanes) is 1. The monoisotopic (exact) mass is 316 g/mol. The molecule has 0 heterocycles. The molecule has 0 saturated carbocycles. The molecule has 0 fully saturated rings. The summed E-state index contributed by atoms with van der Waals surface area (Å²) >= 11 is 0. The molecule has 0 atom stereocenters. The fourth-order valence-corrected chi connectivity index (χ4v) is 3.27. The molecular formula is C14H24N2O4S. The minimum atomic E-state index is -3.53. The van der Waals surface area contributed by atoms with Gasteiger partial charge in [-0.3, -0.25) is 0 Å². The van der Waals surface area contributed by atoms with Gasteiger partial charge in [0.05, 0.1) is 12.0 Å². The van der Waals surface area contributed by atoms with E-state index in [1.807, 2.05) is 0 Å². The summed E-state index contributed by atoms with van der Waals surface area (Å²) in [5.74, 6) is 0.623. The minimum absolute atomic E-state index is 0.264. The van der Waals surface area contributed by atoms with E-state index in [4.69, 9.17) is 15.2 Å². The van der Waals surface area contributed by atoms with Gasteiger partial charge in [-0.1, -0.05) is 0 Å². The van der Waals surface area contributed by atoms with E-state index in [0.717, 1.165) is 12.8 Å². The molecule has 0 amide bonds. The van der Waals surface area contributed by atoms with E-state index >= 15 is 0 Å². The molecule has 1 aromatic rings. The van der Waals surface area contributed by atoms with Crippen molar-refractivity contribution in [3.63, 3.8) is 0 Å². The van der Waals surface area contributed by atoms with Crippen molar-refractivity contribution >= 4 is 10.0 Å². The lowest BCUT2D eigenvalue weighted by molar-refractivity contribution is 0.193. The predicted molar refractivity (Wildman–Crippen MR) is 82.1 cm³/mol. The van der Waals surface area contributed by atoms with Gasteiger partial charge in [-0.05, 0) is 49.6 Å². The molecule has 120 valence electrons. The molecule has 0 aliphatic carbocycles. The van der Waals surface area contributed by atoms with E-state index in [1.165, 1.54) is 0 Å². The van der Waals surface area contributed by atoms with Gasteiger partial charge in [0, 0.05) is 20.3 Å². The number of hydrogen-bond donors (Lipinski definition) is 2.